The molecule has 0 aliphatic rings. The molecule has 0 radical (unpaired) electrons. The number of carbonyl (C=O) groups is 1. The number of hydrogen-bond acceptors (Lipinski definition) is 4. The SMILES string of the molecule is Cc1cc(-n2ncc(C#N)c2NC(=O)c2ccccc2Br)nc2ccccc12. The van der Waals surface area contributed by atoms with Crippen LogP contribution < -0.4 is 5.32 Å². The summed E-state index contributed by atoms with van der Waals surface area (Å²) < 4.78 is 2.14. The number of carbonyl (C=O) groups excluding carboxylic acids is 1. The van der Waals surface area contributed by atoms with Gasteiger partial charge >= 0.3 is 0 Å². The Hall–Kier alpha value is -3.50. The Morgan fingerprint density at radius 1 is 1.18 bits per heavy atom. The molecule has 0 atom stereocenters. The minimum Gasteiger partial charge on any atom is -0.305 e. The van der Waals surface area contributed by atoms with Crippen LogP contribution in [0.4, 0.5) is 5.82 Å². The van der Waals surface area contributed by atoms with Crippen molar-refractivity contribution < 1.29 is 4.79 Å². The lowest BCUT2D eigenvalue weighted by Crippen LogP contribution is -2.17. The second kappa shape index (κ2) is 7.25. The second-order valence-electron chi connectivity index (χ2n) is 6.18. The Labute approximate surface area is 169 Å². The lowest BCUT2D eigenvalue weighted by atomic mass is 10.1. The molecule has 1 N–H and O–H groups in total. The van der Waals surface area contributed by atoms with Gasteiger partial charge in [-0.25, -0.2) is 4.98 Å². The molecule has 136 valence electrons. The summed E-state index contributed by atoms with van der Waals surface area (Å²) in [4.78, 5) is 17.4. The molecule has 2 aromatic carbocycles. The monoisotopic (exact) mass is 431 g/mol. The molecule has 0 fully saturated rings. The van der Waals surface area contributed by atoms with Gasteiger partial charge in [0.05, 0.1) is 17.3 Å². The van der Waals surface area contributed by atoms with Crippen LogP contribution in [0.15, 0.2) is 65.3 Å². The number of hydrogen-bond donors (Lipinski definition) is 1. The van der Waals surface area contributed by atoms with E-state index in [0.29, 0.717) is 15.9 Å². The van der Waals surface area contributed by atoms with E-state index in [1.165, 1.54) is 10.9 Å². The van der Waals surface area contributed by atoms with Gasteiger partial charge < -0.3 is 5.32 Å². The maximum absolute atomic E-state index is 12.8. The molecule has 6 nitrogen and oxygen atoms in total. The molecule has 4 rings (SSSR count). The van der Waals surface area contributed by atoms with Gasteiger partial charge in [0.25, 0.3) is 5.91 Å². The maximum atomic E-state index is 12.8. The summed E-state index contributed by atoms with van der Waals surface area (Å²) in [7, 11) is 0. The van der Waals surface area contributed by atoms with E-state index in [2.05, 4.69) is 37.4 Å². The summed E-state index contributed by atoms with van der Waals surface area (Å²) in [6.45, 7) is 1.99. The number of anilines is 1. The topological polar surface area (TPSA) is 83.6 Å². The summed E-state index contributed by atoms with van der Waals surface area (Å²) in [5, 5.41) is 17.6. The van der Waals surface area contributed by atoms with Crippen LogP contribution in [0, 0.1) is 18.3 Å². The summed E-state index contributed by atoms with van der Waals surface area (Å²) in [5.74, 6) is 0.466. The zero-order valence-electron chi connectivity index (χ0n) is 14.8. The third kappa shape index (κ3) is 3.15. The number of pyridine rings is 1. The number of aryl methyl sites for hydroxylation is 1. The summed E-state index contributed by atoms with van der Waals surface area (Å²) in [5.41, 5.74) is 2.56. The van der Waals surface area contributed by atoms with Crippen molar-refractivity contribution in [3.05, 3.63) is 82.0 Å². The summed E-state index contributed by atoms with van der Waals surface area (Å²) in [6.07, 6.45) is 1.42. The van der Waals surface area contributed by atoms with Gasteiger partial charge in [-0.05, 0) is 52.7 Å². The average Bonchev–Trinajstić information content (AvgIpc) is 3.10. The predicted octanol–water partition coefficient (Wildman–Crippen LogP) is 4.62. The van der Waals surface area contributed by atoms with Crippen molar-refractivity contribution in [2.24, 2.45) is 0 Å². The number of aromatic nitrogens is 3. The molecule has 7 heteroatoms. The first kappa shape index (κ1) is 17.9. The van der Waals surface area contributed by atoms with Crippen LogP contribution in [-0.4, -0.2) is 20.7 Å². The first-order chi connectivity index (χ1) is 13.6. The number of nitrogens with one attached hydrogen (secondary N) is 1. The van der Waals surface area contributed by atoms with E-state index < -0.39 is 0 Å². The smallest absolute Gasteiger partial charge is 0.257 e. The molecule has 0 unspecified atom stereocenters. The highest BCUT2D eigenvalue weighted by atomic mass is 79.9. The van der Waals surface area contributed by atoms with Gasteiger partial charge in [-0.15, -0.1) is 0 Å². The largest absolute Gasteiger partial charge is 0.305 e. The van der Waals surface area contributed by atoms with Crippen molar-refractivity contribution in [3.63, 3.8) is 0 Å². The fourth-order valence-electron chi connectivity index (χ4n) is 2.98. The zero-order chi connectivity index (χ0) is 19.7. The molecule has 2 aromatic heterocycles. The van der Waals surface area contributed by atoms with Crippen molar-refractivity contribution in [1.29, 1.82) is 5.26 Å². The maximum Gasteiger partial charge on any atom is 0.257 e. The summed E-state index contributed by atoms with van der Waals surface area (Å²) in [6, 6.07) is 18.8. The fraction of sp³-hybridized carbons (Fsp3) is 0.0476. The fourth-order valence-corrected chi connectivity index (χ4v) is 3.45. The normalized spacial score (nSPS) is 10.6. The molecule has 2 heterocycles. The third-order valence-corrected chi connectivity index (χ3v) is 5.06. The number of amides is 1. The highest BCUT2D eigenvalue weighted by Gasteiger charge is 2.18. The van der Waals surface area contributed by atoms with E-state index in [4.69, 9.17) is 0 Å². The Morgan fingerprint density at radius 2 is 1.93 bits per heavy atom. The molecule has 0 aliphatic carbocycles. The van der Waals surface area contributed by atoms with Crippen molar-refractivity contribution in [2.75, 3.05) is 5.32 Å². The van der Waals surface area contributed by atoms with Crippen LogP contribution in [0.2, 0.25) is 0 Å². The highest BCUT2D eigenvalue weighted by molar-refractivity contribution is 9.10. The molecule has 4 aromatic rings. The van der Waals surface area contributed by atoms with E-state index >= 15 is 0 Å². The van der Waals surface area contributed by atoms with Gasteiger partial charge in [0, 0.05) is 9.86 Å². The van der Waals surface area contributed by atoms with Gasteiger partial charge in [0.1, 0.15) is 11.6 Å². The molecule has 0 saturated carbocycles. The molecule has 0 aliphatic heterocycles. The molecule has 0 bridgehead atoms. The molecule has 0 spiro atoms. The van der Waals surface area contributed by atoms with Crippen LogP contribution >= 0.6 is 15.9 Å². The zero-order valence-corrected chi connectivity index (χ0v) is 16.4. The molecule has 0 saturated heterocycles. The number of benzene rings is 2. The van der Waals surface area contributed by atoms with Crippen LogP contribution in [0.5, 0.6) is 0 Å². The van der Waals surface area contributed by atoms with Gasteiger partial charge in [0.2, 0.25) is 0 Å². The number of para-hydroxylation sites is 1. The second-order valence-corrected chi connectivity index (χ2v) is 7.03. The van der Waals surface area contributed by atoms with Crippen LogP contribution in [0.25, 0.3) is 16.7 Å². The Morgan fingerprint density at radius 3 is 2.71 bits per heavy atom. The van der Waals surface area contributed by atoms with Crippen molar-refractivity contribution >= 4 is 38.6 Å². The molecule has 28 heavy (non-hydrogen) atoms. The van der Waals surface area contributed by atoms with E-state index in [-0.39, 0.29) is 17.3 Å². The Balaban J connectivity index is 1.80. The lowest BCUT2D eigenvalue weighted by molar-refractivity contribution is 0.102. The number of fused-ring (bicyclic) bond motifs is 1. The van der Waals surface area contributed by atoms with Gasteiger partial charge in [0.15, 0.2) is 11.6 Å². The van der Waals surface area contributed by atoms with Gasteiger partial charge in [-0.3, -0.25) is 4.79 Å². The minimum atomic E-state index is -0.344. The van der Waals surface area contributed by atoms with Crippen molar-refractivity contribution in [1.82, 2.24) is 14.8 Å². The number of halogens is 1. The summed E-state index contributed by atoms with van der Waals surface area (Å²) >= 11 is 3.38. The van der Waals surface area contributed by atoms with E-state index in [1.54, 1.807) is 18.2 Å². The van der Waals surface area contributed by atoms with E-state index in [1.807, 2.05) is 43.3 Å². The lowest BCUT2D eigenvalue weighted by Gasteiger charge is -2.11. The number of nitrogens with zero attached hydrogens (tertiary/aromatic N) is 4. The van der Waals surface area contributed by atoms with Crippen molar-refractivity contribution in [2.45, 2.75) is 6.92 Å². The highest BCUT2D eigenvalue weighted by Crippen LogP contribution is 2.25. The molecule has 1 amide bonds. The Kier molecular flexibility index (Phi) is 4.63. The predicted molar refractivity (Wildman–Crippen MR) is 110 cm³/mol. The van der Waals surface area contributed by atoms with Crippen LogP contribution in [0.1, 0.15) is 21.5 Å². The average molecular weight is 432 g/mol. The first-order valence-corrected chi connectivity index (χ1v) is 9.28. The first-order valence-electron chi connectivity index (χ1n) is 8.49. The quantitative estimate of drug-likeness (QED) is 0.512. The van der Waals surface area contributed by atoms with Gasteiger partial charge in [-0.2, -0.15) is 15.0 Å². The van der Waals surface area contributed by atoms with E-state index in [0.717, 1.165) is 16.5 Å². The van der Waals surface area contributed by atoms with Gasteiger partial charge in [-0.1, -0.05) is 30.3 Å². The number of nitriles is 1. The Bertz CT molecular complexity index is 1260. The molecular formula is C21H14BrN5O. The number of rotatable bonds is 3. The van der Waals surface area contributed by atoms with Crippen molar-refractivity contribution in [3.8, 4) is 11.9 Å². The third-order valence-electron chi connectivity index (χ3n) is 4.37. The molecular weight excluding hydrogens is 418 g/mol. The minimum absolute atomic E-state index is 0.257. The van der Waals surface area contributed by atoms with Crippen LogP contribution in [-0.2, 0) is 0 Å². The van der Waals surface area contributed by atoms with Crippen LogP contribution in [0.3, 0.4) is 0 Å². The van der Waals surface area contributed by atoms with E-state index in [9.17, 15) is 10.1 Å². The standard InChI is InChI=1S/C21H14BrN5O/c1-13-10-19(25-18-9-5-3-6-15(13)18)27-20(14(11-23)12-24-27)26-21(28)16-7-2-4-8-17(16)22/h2-10,12H,1H3,(H,26,28).